The van der Waals surface area contributed by atoms with E-state index < -0.39 is 30.0 Å². The Morgan fingerprint density at radius 3 is 2.71 bits per heavy atom. The lowest BCUT2D eigenvalue weighted by Gasteiger charge is -2.23. The number of aliphatic hydroxyl groups excluding tert-OH is 1. The second-order valence-corrected chi connectivity index (χ2v) is 4.74. The van der Waals surface area contributed by atoms with Crippen LogP contribution >= 0.6 is 12.2 Å². The Bertz CT molecular complexity index is 626. The third-order valence-corrected chi connectivity index (χ3v) is 2.91. The molecule has 0 aliphatic heterocycles. The molecule has 1 rings (SSSR count). The standard InChI is InChI=1S/C11H16N4O5S/c12-7(6-16)3-15(5-10(19)20)9(18)4-14-2-1-8(17)13-11(14)21/h1-2,7,16H,3-6,12H2,(H,19,20)(H,13,17,21). The average Bonchev–Trinajstić information content (AvgIpc) is 2.40. The molecule has 1 aromatic rings. The molecule has 0 spiro atoms. The fourth-order valence-corrected chi connectivity index (χ4v) is 1.80. The van der Waals surface area contributed by atoms with Gasteiger partial charge in [0.1, 0.15) is 13.1 Å². The molecule has 5 N–H and O–H groups in total. The summed E-state index contributed by atoms with van der Waals surface area (Å²) in [4.78, 5) is 37.3. The zero-order valence-corrected chi connectivity index (χ0v) is 11.9. The monoisotopic (exact) mass is 316 g/mol. The van der Waals surface area contributed by atoms with Gasteiger partial charge in [-0.05, 0) is 12.2 Å². The summed E-state index contributed by atoms with van der Waals surface area (Å²) in [5.74, 6) is -1.73. The summed E-state index contributed by atoms with van der Waals surface area (Å²) in [7, 11) is 0. The topological polar surface area (TPSA) is 142 Å². The third kappa shape index (κ3) is 5.45. The molecule has 0 radical (unpaired) electrons. The van der Waals surface area contributed by atoms with Crippen LogP contribution in [0.25, 0.3) is 0 Å². The molecule has 1 atom stereocenters. The molecule has 0 bridgehead atoms. The van der Waals surface area contributed by atoms with Crippen molar-refractivity contribution >= 4 is 24.1 Å². The van der Waals surface area contributed by atoms with E-state index in [4.69, 9.17) is 28.2 Å². The summed E-state index contributed by atoms with van der Waals surface area (Å²) in [6.45, 7) is -1.25. The van der Waals surface area contributed by atoms with Crippen LogP contribution in [0.5, 0.6) is 0 Å². The predicted octanol–water partition coefficient (Wildman–Crippen LogP) is -1.86. The minimum Gasteiger partial charge on any atom is -0.480 e. The van der Waals surface area contributed by atoms with E-state index in [1.54, 1.807) is 0 Å². The number of hydrogen-bond donors (Lipinski definition) is 4. The Labute approximate surface area is 124 Å². The van der Waals surface area contributed by atoms with Gasteiger partial charge in [0.25, 0.3) is 5.56 Å². The maximum Gasteiger partial charge on any atom is 0.323 e. The molecule has 0 aliphatic rings. The number of nitrogens with zero attached hydrogens (tertiary/aromatic N) is 2. The highest BCUT2D eigenvalue weighted by atomic mass is 32.1. The van der Waals surface area contributed by atoms with E-state index >= 15 is 0 Å². The van der Waals surface area contributed by atoms with Crippen LogP contribution in [0.4, 0.5) is 0 Å². The SMILES string of the molecule is NC(CO)CN(CC(=O)O)C(=O)Cn1ccc(=O)[nH]c1=S. The Morgan fingerprint density at radius 2 is 2.19 bits per heavy atom. The molecule has 0 aromatic carbocycles. The minimum atomic E-state index is -1.20. The van der Waals surface area contributed by atoms with Gasteiger partial charge >= 0.3 is 5.97 Å². The molecule has 1 aromatic heterocycles. The van der Waals surface area contributed by atoms with E-state index in [-0.39, 0.29) is 24.5 Å². The number of rotatable bonds is 7. The number of aromatic nitrogens is 2. The van der Waals surface area contributed by atoms with Crippen LogP contribution in [0.15, 0.2) is 17.1 Å². The van der Waals surface area contributed by atoms with Crippen molar-refractivity contribution in [3.8, 4) is 0 Å². The number of aliphatic carboxylic acids is 1. The van der Waals surface area contributed by atoms with Crippen molar-refractivity contribution in [2.45, 2.75) is 12.6 Å². The molecule has 0 saturated carbocycles. The van der Waals surface area contributed by atoms with Crippen LogP contribution in [0.2, 0.25) is 0 Å². The number of hydrogen-bond acceptors (Lipinski definition) is 6. The van der Waals surface area contributed by atoms with Crippen molar-refractivity contribution in [1.82, 2.24) is 14.5 Å². The average molecular weight is 316 g/mol. The third-order valence-electron chi connectivity index (χ3n) is 2.57. The van der Waals surface area contributed by atoms with Crippen LogP contribution in [0.1, 0.15) is 0 Å². The maximum absolute atomic E-state index is 12.1. The van der Waals surface area contributed by atoms with Crippen molar-refractivity contribution in [2.24, 2.45) is 5.73 Å². The van der Waals surface area contributed by atoms with Gasteiger partial charge in [-0.25, -0.2) is 0 Å². The maximum atomic E-state index is 12.1. The summed E-state index contributed by atoms with van der Waals surface area (Å²) in [6, 6.07) is 0.459. The molecular weight excluding hydrogens is 300 g/mol. The van der Waals surface area contributed by atoms with Crippen LogP contribution in [0, 0.1) is 4.77 Å². The predicted molar refractivity (Wildman–Crippen MR) is 75.2 cm³/mol. The second-order valence-electron chi connectivity index (χ2n) is 4.35. The number of carboxylic acids is 1. The molecular formula is C11H16N4O5S. The number of aliphatic hydroxyl groups is 1. The largest absolute Gasteiger partial charge is 0.480 e. The minimum absolute atomic E-state index is 0.0533. The lowest BCUT2D eigenvalue weighted by Crippen LogP contribution is -2.46. The Balaban J connectivity index is 2.86. The zero-order valence-electron chi connectivity index (χ0n) is 11.1. The normalized spacial score (nSPS) is 11.9. The van der Waals surface area contributed by atoms with Crippen LogP contribution < -0.4 is 11.3 Å². The van der Waals surface area contributed by atoms with Gasteiger partial charge in [0.15, 0.2) is 4.77 Å². The smallest absolute Gasteiger partial charge is 0.323 e. The summed E-state index contributed by atoms with van der Waals surface area (Å²) >= 11 is 4.90. The molecule has 1 heterocycles. The highest BCUT2D eigenvalue weighted by molar-refractivity contribution is 7.71. The number of carbonyl (C=O) groups excluding carboxylic acids is 1. The van der Waals surface area contributed by atoms with Gasteiger partial charge in [0.2, 0.25) is 5.91 Å². The molecule has 0 saturated heterocycles. The van der Waals surface area contributed by atoms with Crippen LogP contribution in [0.3, 0.4) is 0 Å². The van der Waals surface area contributed by atoms with Crippen molar-refractivity contribution in [3.05, 3.63) is 27.4 Å². The fourth-order valence-electron chi connectivity index (χ4n) is 1.57. The summed E-state index contributed by atoms with van der Waals surface area (Å²) in [6.07, 6.45) is 1.34. The second kappa shape index (κ2) is 7.67. The van der Waals surface area contributed by atoms with Gasteiger partial charge in [0.05, 0.1) is 6.61 Å². The number of nitrogens with two attached hydrogens (primary N) is 1. The van der Waals surface area contributed by atoms with Gasteiger partial charge in [-0.2, -0.15) is 0 Å². The van der Waals surface area contributed by atoms with Gasteiger partial charge in [-0.1, -0.05) is 0 Å². The van der Waals surface area contributed by atoms with Gasteiger partial charge < -0.3 is 25.4 Å². The van der Waals surface area contributed by atoms with Crippen molar-refractivity contribution in [2.75, 3.05) is 19.7 Å². The molecule has 116 valence electrons. The highest BCUT2D eigenvalue weighted by Gasteiger charge is 2.19. The lowest BCUT2D eigenvalue weighted by molar-refractivity contribution is -0.145. The quantitative estimate of drug-likeness (QED) is 0.432. The molecule has 1 amide bonds. The van der Waals surface area contributed by atoms with E-state index in [0.29, 0.717) is 0 Å². The first-order valence-corrected chi connectivity index (χ1v) is 6.40. The lowest BCUT2D eigenvalue weighted by atomic mass is 10.3. The van der Waals surface area contributed by atoms with Crippen molar-refractivity contribution < 1.29 is 19.8 Å². The van der Waals surface area contributed by atoms with Gasteiger partial charge in [-0.3, -0.25) is 19.4 Å². The molecule has 10 heteroatoms. The number of amides is 1. The Hall–Kier alpha value is -2.04. The van der Waals surface area contributed by atoms with E-state index in [2.05, 4.69) is 4.98 Å². The van der Waals surface area contributed by atoms with Gasteiger partial charge in [-0.15, -0.1) is 0 Å². The van der Waals surface area contributed by atoms with Crippen molar-refractivity contribution in [1.29, 1.82) is 0 Å². The number of aromatic amines is 1. The summed E-state index contributed by atoms with van der Waals surface area (Å²) in [5, 5.41) is 17.7. The number of nitrogens with one attached hydrogen (secondary N) is 1. The van der Waals surface area contributed by atoms with Crippen LogP contribution in [-0.2, 0) is 16.1 Å². The van der Waals surface area contributed by atoms with E-state index in [1.165, 1.54) is 16.8 Å². The van der Waals surface area contributed by atoms with Crippen molar-refractivity contribution in [3.63, 3.8) is 0 Å². The molecule has 0 fully saturated rings. The number of carboxylic acid groups (broad SMARTS) is 1. The molecule has 21 heavy (non-hydrogen) atoms. The van der Waals surface area contributed by atoms with E-state index in [0.717, 1.165) is 4.90 Å². The highest BCUT2D eigenvalue weighted by Crippen LogP contribution is 1.97. The first-order valence-electron chi connectivity index (χ1n) is 5.99. The first kappa shape index (κ1) is 17.0. The summed E-state index contributed by atoms with van der Waals surface area (Å²) < 4.78 is 1.36. The Morgan fingerprint density at radius 1 is 1.52 bits per heavy atom. The number of carbonyl (C=O) groups is 2. The van der Waals surface area contributed by atoms with Crippen LogP contribution in [-0.4, -0.2) is 62.3 Å². The van der Waals surface area contributed by atoms with E-state index in [1.807, 2.05) is 0 Å². The zero-order chi connectivity index (χ0) is 16.0. The fraction of sp³-hybridized carbons (Fsp3) is 0.455. The molecule has 1 unspecified atom stereocenters. The Kier molecular flexibility index (Phi) is 6.21. The summed E-state index contributed by atoms with van der Waals surface area (Å²) in [5.41, 5.74) is 5.12. The van der Waals surface area contributed by atoms with E-state index in [9.17, 15) is 14.4 Å². The number of H-pyrrole nitrogens is 1. The first-order chi connectivity index (χ1) is 9.83. The van der Waals surface area contributed by atoms with Gasteiger partial charge in [0, 0.05) is 24.8 Å². The molecule has 9 nitrogen and oxygen atoms in total. The molecule has 0 aliphatic carbocycles.